The molecular formula is C20H25N3O3. The lowest BCUT2D eigenvalue weighted by atomic mass is 9.81. The maximum atomic E-state index is 11.5. The number of fused-ring (bicyclic) bond motifs is 2. The summed E-state index contributed by atoms with van der Waals surface area (Å²) in [5.74, 6) is 0.398. The first-order chi connectivity index (χ1) is 12.6. The first-order valence-electron chi connectivity index (χ1n) is 9.10. The number of piperidine rings is 1. The summed E-state index contributed by atoms with van der Waals surface area (Å²) in [5.41, 5.74) is 1.02. The fourth-order valence-corrected chi connectivity index (χ4v) is 4.51. The van der Waals surface area contributed by atoms with Crippen molar-refractivity contribution in [3.63, 3.8) is 0 Å². The third-order valence-electron chi connectivity index (χ3n) is 5.73. The van der Waals surface area contributed by atoms with Crippen LogP contribution in [0.1, 0.15) is 36.8 Å². The van der Waals surface area contributed by atoms with Crippen molar-refractivity contribution < 1.29 is 14.6 Å². The highest BCUT2D eigenvalue weighted by molar-refractivity contribution is 5.33. The van der Waals surface area contributed by atoms with E-state index in [1.807, 2.05) is 6.07 Å². The Balaban J connectivity index is 1.58. The second-order valence-electron chi connectivity index (χ2n) is 7.26. The first-order valence-corrected chi connectivity index (χ1v) is 9.10. The first kappa shape index (κ1) is 17.2. The summed E-state index contributed by atoms with van der Waals surface area (Å²) in [4.78, 5) is 11.0. The van der Waals surface area contributed by atoms with E-state index < -0.39 is 5.60 Å². The molecule has 2 aliphatic rings. The van der Waals surface area contributed by atoms with Crippen molar-refractivity contribution >= 4 is 0 Å². The lowest BCUT2D eigenvalue weighted by molar-refractivity contribution is -0.0612. The fourth-order valence-electron chi connectivity index (χ4n) is 4.51. The molecule has 2 atom stereocenters. The maximum absolute atomic E-state index is 11.5. The van der Waals surface area contributed by atoms with Crippen molar-refractivity contribution in [3.05, 3.63) is 47.7 Å². The molecule has 0 saturated carbocycles. The molecule has 0 aliphatic carbocycles. The van der Waals surface area contributed by atoms with Crippen molar-refractivity contribution in [1.82, 2.24) is 14.9 Å². The molecule has 0 radical (unpaired) electrons. The van der Waals surface area contributed by atoms with E-state index in [0.717, 1.165) is 19.4 Å². The van der Waals surface area contributed by atoms with Crippen LogP contribution < -0.4 is 9.47 Å². The molecule has 2 aliphatic heterocycles. The van der Waals surface area contributed by atoms with Gasteiger partial charge >= 0.3 is 6.01 Å². The number of nitrogens with zero attached hydrogens (tertiary/aromatic N) is 3. The molecule has 0 amide bonds. The number of rotatable bonds is 5. The van der Waals surface area contributed by atoms with Crippen LogP contribution in [0.4, 0.5) is 0 Å². The molecule has 2 saturated heterocycles. The van der Waals surface area contributed by atoms with E-state index in [1.54, 1.807) is 13.3 Å². The van der Waals surface area contributed by atoms with Crippen molar-refractivity contribution in [2.24, 2.45) is 0 Å². The predicted molar refractivity (Wildman–Crippen MR) is 97.1 cm³/mol. The van der Waals surface area contributed by atoms with Crippen molar-refractivity contribution in [2.45, 2.75) is 49.9 Å². The Labute approximate surface area is 153 Å². The molecule has 6 nitrogen and oxygen atoms in total. The van der Waals surface area contributed by atoms with Gasteiger partial charge in [-0.1, -0.05) is 30.3 Å². The molecule has 2 fully saturated rings. The third-order valence-corrected chi connectivity index (χ3v) is 5.73. The van der Waals surface area contributed by atoms with E-state index in [2.05, 4.69) is 39.1 Å². The molecule has 6 heteroatoms. The topological polar surface area (TPSA) is 67.7 Å². The standard InChI is InChI=1S/C20H25N3O3/c1-25-18-17(12-21-19(22-18)26-2)20(24)10-15-8-9-16(11-20)23(15)13-14-6-4-3-5-7-14/h3-7,12,15-16,24H,8-11,13H2,1-2H3/t15-,16-/m0/s1. The zero-order valence-electron chi connectivity index (χ0n) is 15.3. The average Bonchev–Trinajstić information content (AvgIpc) is 2.92. The summed E-state index contributed by atoms with van der Waals surface area (Å²) in [6.45, 7) is 0.933. The van der Waals surface area contributed by atoms with Crippen LogP contribution in [-0.4, -0.2) is 46.3 Å². The fraction of sp³-hybridized carbons (Fsp3) is 0.500. The van der Waals surface area contributed by atoms with Crippen molar-refractivity contribution in [2.75, 3.05) is 14.2 Å². The molecule has 4 rings (SSSR count). The molecule has 1 N–H and O–H groups in total. The second-order valence-corrected chi connectivity index (χ2v) is 7.26. The molecule has 0 unspecified atom stereocenters. The van der Waals surface area contributed by atoms with Crippen molar-refractivity contribution in [3.8, 4) is 11.9 Å². The molecular weight excluding hydrogens is 330 g/mol. The van der Waals surface area contributed by atoms with Gasteiger partial charge in [0, 0.05) is 24.8 Å². The second kappa shape index (κ2) is 6.85. The highest BCUT2D eigenvalue weighted by Gasteiger charge is 2.49. The van der Waals surface area contributed by atoms with E-state index >= 15 is 0 Å². The molecule has 1 aromatic heterocycles. The summed E-state index contributed by atoms with van der Waals surface area (Å²) in [7, 11) is 3.08. The van der Waals surface area contributed by atoms with Gasteiger partial charge < -0.3 is 14.6 Å². The molecule has 0 spiro atoms. The SMILES string of the molecule is COc1ncc(C2(O)C[C@@H]3CC[C@@H](C2)N3Cc2ccccc2)c(OC)n1. The Morgan fingerprint density at radius 2 is 1.81 bits per heavy atom. The van der Waals surface area contributed by atoms with Gasteiger partial charge in [-0.25, -0.2) is 4.98 Å². The van der Waals surface area contributed by atoms with Crippen LogP contribution in [0, 0.1) is 0 Å². The molecule has 26 heavy (non-hydrogen) atoms. The summed E-state index contributed by atoms with van der Waals surface area (Å²) in [5, 5.41) is 11.5. The van der Waals surface area contributed by atoms with Crippen LogP contribution >= 0.6 is 0 Å². The largest absolute Gasteiger partial charge is 0.481 e. The van der Waals surface area contributed by atoms with E-state index in [-0.39, 0.29) is 6.01 Å². The third kappa shape index (κ3) is 3.04. The number of hydrogen-bond acceptors (Lipinski definition) is 6. The van der Waals surface area contributed by atoms with Crippen LogP contribution in [0.2, 0.25) is 0 Å². The number of ether oxygens (including phenoxy) is 2. The van der Waals surface area contributed by atoms with Crippen LogP contribution in [0.15, 0.2) is 36.5 Å². The minimum Gasteiger partial charge on any atom is -0.481 e. The van der Waals surface area contributed by atoms with Gasteiger partial charge in [-0.15, -0.1) is 0 Å². The van der Waals surface area contributed by atoms with Gasteiger partial charge in [-0.2, -0.15) is 4.98 Å². The van der Waals surface area contributed by atoms with Crippen LogP contribution in [0.5, 0.6) is 11.9 Å². The minimum absolute atomic E-state index is 0.249. The molecule has 2 aromatic rings. The smallest absolute Gasteiger partial charge is 0.319 e. The molecule has 138 valence electrons. The lowest BCUT2D eigenvalue weighted by Gasteiger charge is -2.44. The Hall–Kier alpha value is -2.18. The highest BCUT2D eigenvalue weighted by atomic mass is 16.5. The van der Waals surface area contributed by atoms with Crippen LogP contribution in [0.3, 0.4) is 0 Å². The molecule has 1 aromatic carbocycles. The van der Waals surface area contributed by atoms with E-state index in [4.69, 9.17) is 9.47 Å². The normalized spacial score (nSPS) is 28.1. The zero-order chi connectivity index (χ0) is 18.1. The number of hydrogen-bond donors (Lipinski definition) is 1. The summed E-state index contributed by atoms with van der Waals surface area (Å²) < 4.78 is 10.5. The monoisotopic (exact) mass is 355 g/mol. The van der Waals surface area contributed by atoms with E-state index in [1.165, 1.54) is 12.7 Å². The van der Waals surface area contributed by atoms with Gasteiger partial charge in [-0.3, -0.25) is 4.90 Å². The van der Waals surface area contributed by atoms with Gasteiger partial charge in [0.25, 0.3) is 0 Å². The number of benzene rings is 1. The lowest BCUT2D eigenvalue weighted by Crippen LogP contribution is -2.49. The van der Waals surface area contributed by atoms with E-state index in [0.29, 0.717) is 36.4 Å². The zero-order valence-corrected chi connectivity index (χ0v) is 15.3. The Morgan fingerprint density at radius 1 is 1.12 bits per heavy atom. The highest BCUT2D eigenvalue weighted by Crippen LogP contribution is 2.48. The van der Waals surface area contributed by atoms with Crippen LogP contribution in [0.25, 0.3) is 0 Å². The summed E-state index contributed by atoms with van der Waals surface area (Å²) >= 11 is 0. The number of aliphatic hydroxyl groups is 1. The number of methoxy groups -OCH3 is 2. The predicted octanol–water partition coefficient (Wildman–Crippen LogP) is 2.51. The molecule has 3 heterocycles. The quantitative estimate of drug-likeness (QED) is 0.889. The number of aromatic nitrogens is 2. The van der Waals surface area contributed by atoms with Crippen LogP contribution in [-0.2, 0) is 12.1 Å². The van der Waals surface area contributed by atoms with Gasteiger partial charge in [0.15, 0.2) is 0 Å². The summed E-state index contributed by atoms with van der Waals surface area (Å²) in [6.07, 6.45) is 5.21. The Kier molecular flexibility index (Phi) is 4.54. The minimum atomic E-state index is -0.962. The van der Waals surface area contributed by atoms with Gasteiger partial charge in [0.2, 0.25) is 5.88 Å². The van der Waals surface area contributed by atoms with Gasteiger partial charge in [-0.05, 0) is 31.2 Å². The summed E-state index contributed by atoms with van der Waals surface area (Å²) in [6, 6.07) is 11.5. The van der Waals surface area contributed by atoms with Gasteiger partial charge in [0.1, 0.15) is 0 Å². The maximum Gasteiger partial charge on any atom is 0.319 e. The van der Waals surface area contributed by atoms with Crippen molar-refractivity contribution in [1.29, 1.82) is 0 Å². The Morgan fingerprint density at radius 3 is 2.42 bits per heavy atom. The van der Waals surface area contributed by atoms with Gasteiger partial charge in [0.05, 0.1) is 25.4 Å². The Bertz CT molecular complexity index is 754. The average molecular weight is 355 g/mol. The van der Waals surface area contributed by atoms with E-state index in [9.17, 15) is 5.11 Å². The molecule has 2 bridgehead atoms.